The van der Waals surface area contributed by atoms with Crippen LogP contribution in [0.5, 0.6) is 0 Å². The Kier molecular flexibility index (Phi) is 4.27. The Balaban J connectivity index is 2.80. The van der Waals surface area contributed by atoms with E-state index < -0.39 is 40.8 Å². The Bertz CT molecular complexity index is 327. The van der Waals surface area contributed by atoms with Crippen molar-refractivity contribution < 1.29 is 32.3 Å². The van der Waals surface area contributed by atoms with Gasteiger partial charge in [-0.05, 0) is 6.92 Å². The van der Waals surface area contributed by atoms with Crippen LogP contribution in [0.2, 0.25) is 0 Å². The molecule has 1 fully saturated rings. The lowest BCUT2D eigenvalue weighted by Gasteiger charge is -2.39. The maximum atomic E-state index is 10.9. The van der Waals surface area contributed by atoms with E-state index >= 15 is 0 Å². The Labute approximate surface area is 94.1 Å². The maximum Gasteiger partial charge on any atom is 0.264 e. The molecule has 0 spiro atoms. The van der Waals surface area contributed by atoms with Crippen LogP contribution in [-0.2, 0) is 23.8 Å². The minimum atomic E-state index is -3.73. The zero-order chi connectivity index (χ0) is 12.5. The van der Waals surface area contributed by atoms with E-state index in [9.17, 15) is 18.6 Å². The predicted molar refractivity (Wildman–Crippen MR) is 53.1 cm³/mol. The molecule has 1 heterocycles. The molecule has 7 nitrogen and oxygen atoms in total. The first-order valence-electron chi connectivity index (χ1n) is 4.69. The van der Waals surface area contributed by atoms with E-state index in [1.807, 2.05) is 0 Å². The average Bonchev–Trinajstić information content (AvgIpc) is 2.17. The molecule has 0 aliphatic carbocycles. The highest BCUT2D eigenvalue weighted by atomic mass is 32.2. The van der Waals surface area contributed by atoms with Crippen LogP contribution >= 0.6 is 0 Å². The molecule has 2 N–H and O–H groups in total. The van der Waals surface area contributed by atoms with E-state index in [1.165, 1.54) is 14.0 Å². The van der Waals surface area contributed by atoms with Crippen LogP contribution < -0.4 is 0 Å². The molecule has 0 aromatic heterocycles. The number of hydrogen-bond donors (Lipinski definition) is 2. The van der Waals surface area contributed by atoms with Gasteiger partial charge in [-0.2, -0.15) is 8.42 Å². The van der Waals surface area contributed by atoms with Gasteiger partial charge >= 0.3 is 0 Å². The normalized spacial score (nSPS) is 40.9. The number of aliphatic hydroxyl groups excluding tert-OH is 2. The first-order valence-corrected chi connectivity index (χ1v) is 6.50. The number of methoxy groups -OCH3 is 1. The molecule has 0 unspecified atom stereocenters. The number of aliphatic hydroxyl groups is 2. The average molecular weight is 256 g/mol. The van der Waals surface area contributed by atoms with E-state index in [1.54, 1.807) is 0 Å². The van der Waals surface area contributed by atoms with Gasteiger partial charge in [0.15, 0.2) is 6.29 Å². The van der Waals surface area contributed by atoms with Crippen LogP contribution in [0.1, 0.15) is 6.92 Å². The van der Waals surface area contributed by atoms with E-state index in [0.717, 1.165) is 6.26 Å². The summed E-state index contributed by atoms with van der Waals surface area (Å²) < 4.78 is 36.5. The van der Waals surface area contributed by atoms with E-state index in [2.05, 4.69) is 4.18 Å². The van der Waals surface area contributed by atoms with Crippen LogP contribution in [0.4, 0.5) is 0 Å². The fraction of sp³-hybridized carbons (Fsp3) is 1.00. The van der Waals surface area contributed by atoms with E-state index in [0.29, 0.717) is 0 Å². The molecule has 96 valence electrons. The summed E-state index contributed by atoms with van der Waals surface area (Å²) in [6.45, 7) is 1.52. The molecule has 8 heteroatoms. The molecular formula is C8H16O7S. The summed E-state index contributed by atoms with van der Waals surface area (Å²) in [5, 5.41) is 19.2. The smallest absolute Gasteiger partial charge is 0.264 e. The second kappa shape index (κ2) is 4.94. The fourth-order valence-electron chi connectivity index (χ4n) is 1.53. The Morgan fingerprint density at radius 1 is 1.25 bits per heavy atom. The zero-order valence-corrected chi connectivity index (χ0v) is 10.0. The molecule has 1 rings (SSSR count). The minimum absolute atomic E-state index is 0.710. The maximum absolute atomic E-state index is 10.9. The van der Waals surface area contributed by atoms with Crippen LogP contribution in [0, 0.1) is 0 Å². The molecule has 0 aromatic carbocycles. The third-order valence-corrected chi connectivity index (χ3v) is 2.87. The zero-order valence-electron chi connectivity index (χ0n) is 9.23. The Morgan fingerprint density at radius 2 is 1.81 bits per heavy atom. The van der Waals surface area contributed by atoms with Crippen LogP contribution in [-0.4, -0.2) is 62.7 Å². The number of rotatable bonds is 3. The number of hydrogen-bond acceptors (Lipinski definition) is 7. The van der Waals surface area contributed by atoms with E-state index in [4.69, 9.17) is 9.47 Å². The fourth-order valence-corrected chi connectivity index (χ4v) is 2.21. The topological polar surface area (TPSA) is 102 Å². The Hall–Kier alpha value is -0.250. The molecule has 1 aliphatic rings. The van der Waals surface area contributed by atoms with Crippen molar-refractivity contribution in [3.63, 3.8) is 0 Å². The van der Waals surface area contributed by atoms with Crippen molar-refractivity contribution >= 4 is 10.1 Å². The quantitative estimate of drug-likeness (QED) is 0.589. The number of ether oxygens (including phenoxy) is 2. The van der Waals surface area contributed by atoms with Crippen molar-refractivity contribution in [1.29, 1.82) is 0 Å². The van der Waals surface area contributed by atoms with Gasteiger partial charge in [-0.15, -0.1) is 0 Å². The van der Waals surface area contributed by atoms with Gasteiger partial charge in [0.1, 0.15) is 18.3 Å². The molecule has 0 radical (unpaired) electrons. The summed E-state index contributed by atoms with van der Waals surface area (Å²) in [4.78, 5) is 0. The van der Waals surface area contributed by atoms with Crippen LogP contribution in [0.25, 0.3) is 0 Å². The highest BCUT2D eigenvalue weighted by molar-refractivity contribution is 7.86. The van der Waals surface area contributed by atoms with Gasteiger partial charge in [-0.3, -0.25) is 4.18 Å². The van der Waals surface area contributed by atoms with Gasteiger partial charge in [0, 0.05) is 7.11 Å². The van der Waals surface area contributed by atoms with Crippen molar-refractivity contribution in [2.45, 2.75) is 37.6 Å². The standard InChI is InChI=1S/C8H16O7S/c1-4-7(15-16(3,11)12)5(9)6(10)8(13-2)14-4/h4-10H,1-3H3/t4-,5-,6+,7-,8+/m0/s1. The summed E-state index contributed by atoms with van der Waals surface area (Å²) in [6, 6.07) is 0. The summed E-state index contributed by atoms with van der Waals surface area (Å²) >= 11 is 0. The van der Waals surface area contributed by atoms with Gasteiger partial charge < -0.3 is 19.7 Å². The lowest BCUT2D eigenvalue weighted by Crippen LogP contribution is -2.58. The largest absolute Gasteiger partial charge is 0.387 e. The van der Waals surface area contributed by atoms with Gasteiger partial charge in [0.25, 0.3) is 10.1 Å². The summed E-state index contributed by atoms with van der Waals surface area (Å²) in [6.07, 6.45) is -4.73. The molecule has 5 atom stereocenters. The van der Waals surface area contributed by atoms with E-state index in [-0.39, 0.29) is 0 Å². The minimum Gasteiger partial charge on any atom is -0.387 e. The molecule has 1 aliphatic heterocycles. The lowest BCUT2D eigenvalue weighted by molar-refractivity contribution is -0.281. The van der Waals surface area contributed by atoms with Gasteiger partial charge in [-0.1, -0.05) is 0 Å². The summed E-state index contributed by atoms with van der Waals surface area (Å²) in [5.74, 6) is 0. The predicted octanol–water partition coefficient (Wildman–Crippen LogP) is -1.56. The van der Waals surface area contributed by atoms with Gasteiger partial charge in [0.2, 0.25) is 0 Å². The third kappa shape index (κ3) is 3.12. The van der Waals surface area contributed by atoms with Crippen LogP contribution in [0.15, 0.2) is 0 Å². The van der Waals surface area contributed by atoms with Gasteiger partial charge in [0.05, 0.1) is 12.4 Å². The molecule has 0 bridgehead atoms. The highest BCUT2D eigenvalue weighted by Gasteiger charge is 2.45. The first kappa shape index (κ1) is 13.8. The van der Waals surface area contributed by atoms with Crippen molar-refractivity contribution in [3.8, 4) is 0 Å². The highest BCUT2D eigenvalue weighted by Crippen LogP contribution is 2.24. The van der Waals surface area contributed by atoms with Crippen molar-refractivity contribution in [1.82, 2.24) is 0 Å². The molecule has 1 saturated heterocycles. The molecule has 0 saturated carbocycles. The second-order valence-electron chi connectivity index (χ2n) is 3.69. The molecule has 0 aromatic rings. The SMILES string of the molecule is CO[C@@H]1O[C@@H](C)[C@H](OS(C)(=O)=O)[C@@H](O)[C@H]1O. The lowest BCUT2D eigenvalue weighted by atomic mass is 10.0. The third-order valence-electron chi connectivity index (χ3n) is 2.30. The summed E-state index contributed by atoms with van der Waals surface area (Å²) in [5.41, 5.74) is 0. The summed E-state index contributed by atoms with van der Waals surface area (Å²) in [7, 11) is -2.42. The molecule has 0 amide bonds. The van der Waals surface area contributed by atoms with Crippen molar-refractivity contribution in [2.75, 3.05) is 13.4 Å². The van der Waals surface area contributed by atoms with Crippen molar-refractivity contribution in [2.24, 2.45) is 0 Å². The monoisotopic (exact) mass is 256 g/mol. The first-order chi connectivity index (χ1) is 7.26. The molecular weight excluding hydrogens is 240 g/mol. The van der Waals surface area contributed by atoms with Crippen molar-refractivity contribution in [3.05, 3.63) is 0 Å². The van der Waals surface area contributed by atoms with Crippen LogP contribution in [0.3, 0.4) is 0 Å². The Morgan fingerprint density at radius 3 is 2.25 bits per heavy atom. The second-order valence-corrected chi connectivity index (χ2v) is 5.29. The molecule has 16 heavy (non-hydrogen) atoms. The van der Waals surface area contributed by atoms with Gasteiger partial charge in [-0.25, -0.2) is 0 Å².